The number of aldehydes is 1. The zero-order valence-corrected chi connectivity index (χ0v) is 10.1. The summed E-state index contributed by atoms with van der Waals surface area (Å²) >= 11 is 1.59. The molecular formula is C13H10N2OS. The van der Waals surface area contributed by atoms with E-state index < -0.39 is 0 Å². The van der Waals surface area contributed by atoms with Crippen LogP contribution in [0.2, 0.25) is 0 Å². The average Bonchev–Trinajstić information content (AvgIpc) is 2.85. The van der Waals surface area contributed by atoms with Gasteiger partial charge in [0.25, 0.3) is 0 Å². The van der Waals surface area contributed by atoms with Crippen molar-refractivity contribution in [2.45, 2.75) is 6.92 Å². The second-order valence-corrected chi connectivity index (χ2v) is 5.04. The van der Waals surface area contributed by atoms with E-state index in [1.165, 1.54) is 0 Å². The third-order valence-corrected chi connectivity index (χ3v) is 3.54. The molecule has 1 aromatic carbocycles. The SMILES string of the molecule is Cc1cn2c(C=O)c(-c3ccccc3)nc2s1. The van der Waals surface area contributed by atoms with Crippen LogP contribution in [-0.4, -0.2) is 15.7 Å². The molecule has 2 aromatic heterocycles. The number of nitrogens with zero attached hydrogens (tertiary/aromatic N) is 2. The van der Waals surface area contributed by atoms with Crippen molar-refractivity contribution in [3.05, 3.63) is 47.1 Å². The highest BCUT2D eigenvalue weighted by Gasteiger charge is 2.14. The minimum absolute atomic E-state index is 0.621. The number of hydrogen-bond donors (Lipinski definition) is 0. The molecule has 0 amide bonds. The first-order chi connectivity index (χ1) is 8.29. The van der Waals surface area contributed by atoms with E-state index in [9.17, 15) is 4.79 Å². The third kappa shape index (κ3) is 1.57. The Labute approximate surface area is 102 Å². The van der Waals surface area contributed by atoms with Crippen LogP contribution >= 0.6 is 11.3 Å². The van der Waals surface area contributed by atoms with Crippen molar-refractivity contribution in [3.8, 4) is 11.3 Å². The first-order valence-corrected chi connectivity index (χ1v) is 6.10. The van der Waals surface area contributed by atoms with Crippen LogP contribution in [0, 0.1) is 6.92 Å². The van der Waals surface area contributed by atoms with Crippen LogP contribution in [0.15, 0.2) is 36.5 Å². The number of carbonyl (C=O) groups excluding carboxylic acids is 1. The molecule has 0 unspecified atom stereocenters. The molecule has 0 bridgehead atoms. The average molecular weight is 242 g/mol. The molecule has 4 heteroatoms. The number of benzene rings is 1. The number of carbonyl (C=O) groups is 1. The number of hydrogen-bond acceptors (Lipinski definition) is 3. The van der Waals surface area contributed by atoms with Gasteiger partial charge in [0, 0.05) is 16.6 Å². The largest absolute Gasteiger partial charge is 0.296 e. The van der Waals surface area contributed by atoms with E-state index in [1.807, 2.05) is 47.9 Å². The first-order valence-electron chi connectivity index (χ1n) is 5.28. The molecule has 0 radical (unpaired) electrons. The number of rotatable bonds is 2. The van der Waals surface area contributed by atoms with Gasteiger partial charge in [0.2, 0.25) is 0 Å². The zero-order valence-electron chi connectivity index (χ0n) is 9.25. The fourth-order valence-electron chi connectivity index (χ4n) is 1.89. The zero-order chi connectivity index (χ0) is 11.8. The predicted octanol–water partition coefficient (Wildman–Crippen LogP) is 3.18. The van der Waals surface area contributed by atoms with Crippen molar-refractivity contribution in [3.63, 3.8) is 0 Å². The second kappa shape index (κ2) is 3.82. The van der Waals surface area contributed by atoms with E-state index in [0.29, 0.717) is 5.69 Å². The molecule has 0 N–H and O–H groups in total. The first kappa shape index (κ1) is 10.2. The molecule has 0 aliphatic heterocycles. The van der Waals surface area contributed by atoms with Crippen LogP contribution in [0.25, 0.3) is 16.2 Å². The molecule has 2 heterocycles. The van der Waals surface area contributed by atoms with E-state index >= 15 is 0 Å². The summed E-state index contributed by atoms with van der Waals surface area (Å²) in [6, 6.07) is 9.77. The maximum atomic E-state index is 11.2. The van der Waals surface area contributed by atoms with Crippen molar-refractivity contribution in [1.29, 1.82) is 0 Å². The number of imidazole rings is 1. The maximum Gasteiger partial charge on any atom is 0.195 e. The molecule has 17 heavy (non-hydrogen) atoms. The van der Waals surface area contributed by atoms with Gasteiger partial charge in [-0.05, 0) is 6.92 Å². The van der Waals surface area contributed by atoms with Gasteiger partial charge in [-0.2, -0.15) is 0 Å². The van der Waals surface area contributed by atoms with E-state index in [0.717, 1.165) is 27.4 Å². The Morgan fingerprint density at radius 2 is 2.06 bits per heavy atom. The molecule has 0 aliphatic carbocycles. The van der Waals surface area contributed by atoms with Gasteiger partial charge in [-0.25, -0.2) is 4.98 Å². The summed E-state index contributed by atoms with van der Waals surface area (Å²) in [4.78, 5) is 17.8. The smallest absolute Gasteiger partial charge is 0.195 e. The fourth-order valence-corrected chi connectivity index (χ4v) is 2.73. The van der Waals surface area contributed by atoms with Crippen molar-refractivity contribution in [2.75, 3.05) is 0 Å². The highest BCUT2D eigenvalue weighted by molar-refractivity contribution is 7.17. The van der Waals surface area contributed by atoms with E-state index in [2.05, 4.69) is 4.98 Å². The summed E-state index contributed by atoms with van der Waals surface area (Å²) < 4.78 is 1.86. The number of fused-ring (bicyclic) bond motifs is 1. The molecule has 3 aromatic rings. The van der Waals surface area contributed by atoms with Crippen molar-refractivity contribution < 1.29 is 4.79 Å². The minimum atomic E-state index is 0.621. The Balaban J connectivity index is 2.30. The Kier molecular flexibility index (Phi) is 2.30. The normalized spacial score (nSPS) is 10.9. The molecule has 3 nitrogen and oxygen atoms in total. The number of thiazole rings is 1. The van der Waals surface area contributed by atoms with Crippen molar-refractivity contribution in [2.24, 2.45) is 0 Å². The molecule has 0 atom stereocenters. The molecule has 3 rings (SSSR count). The lowest BCUT2D eigenvalue weighted by molar-refractivity contribution is 0.111. The third-order valence-electron chi connectivity index (χ3n) is 2.64. The Morgan fingerprint density at radius 1 is 1.29 bits per heavy atom. The van der Waals surface area contributed by atoms with Gasteiger partial charge in [-0.15, -0.1) is 11.3 Å². The lowest BCUT2D eigenvalue weighted by Gasteiger charge is -1.97. The topological polar surface area (TPSA) is 34.4 Å². The Bertz CT molecular complexity index is 682. The van der Waals surface area contributed by atoms with Crippen molar-refractivity contribution in [1.82, 2.24) is 9.38 Å². The molecule has 0 saturated carbocycles. The standard InChI is InChI=1S/C13H10N2OS/c1-9-7-15-11(8-16)12(14-13(15)17-9)10-5-3-2-4-6-10/h2-8H,1H3. The summed E-state index contributed by atoms with van der Waals surface area (Å²) in [6.07, 6.45) is 2.82. The van der Waals surface area contributed by atoms with Crippen LogP contribution in [-0.2, 0) is 0 Å². The van der Waals surface area contributed by atoms with E-state index in [-0.39, 0.29) is 0 Å². The lowest BCUT2D eigenvalue weighted by Crippen LogP contribution is -1.89. The molecule has 84 valence electrons. The van der Waals surface area contributed by atoms with Gasteiger partial charge >= 0.3 is 0 Å². The molecule has 0 aliphatic rings. The monoisotopic (exact) mass is 242 g/mol. The number of aromatic nitrogens is 2. The van der Waals surface area contributed by atoms with Crippen molar-refractivity contribution >= 4 is 22.6 Å². The van der Waals surface area contributed by atoms with Gasteiger partial charge in [0.15, 0.2) is 11.2 Å². The van der Waals surface area contributed by atoms with Crippen LogP contribution < -0.4 is 0 Å². The highest BCUT2D eigenvalue weighted by atomic mass is 32.1. The summed E-state index contributed by atoms with van der Waals surface area (Å²) in [5.74, 6) is 0. The van der Waals surface area contributed by atoms with Gasteiger partial charge in [0.05, 0.1) is 0 Å². The van der Waals surface area contributed by atoms with Crippen LogP contribution in [0.4, 0.5) is 0 Å². The van der Waals surface area contributed by atoms with E-state index in [4.69, 9.17) is 0 Å². The summed E-state index contributed by atoms with van der Waals surface area (Å²) in [5.41, 5.74) is 2.35. The summed E-state index contributed by atoms with van der Waals surface area (Å²) in [7, 11) is 0. The molecule has 0 spiro atoms. The quantitative estimate of drug-likeness (QED) is 0.647. The summed E-state index contributed by atoms with van der Waals surface area (Å²) in [5, 5.41) is 0. The van der Waals surface area contributed by atoms with Crippen LogP contribution in [0.5, 0.6) is 0 Å². The molecule has 0 fully saturated rings. The Hall–Kier alpha value is -1.94. The minimum Gasteiger partial charge on any atom is -0.296 e. The predicted molar refractivity (Wildman–Crippen MR) is 68.6 cm³/mol. The number of aryl methyl sites for hydroxylation is 1. The van der Waals surface area contributed by atoms with Crippen LogP contribution in [0.3, 0.4) is 0 Å². The van der Waals surface area contributed by atoms with E-state index in [1.54, 1.807) is 11.3 Å². The van der Waals surface area contributed by atoms with Gasteiger partial charge in [0.1, 0.15) is 11.4 Å². The van der Waals surface area contributed by atoms with Gasteiger partial charge in [-0.3, -0.25) is 9.20 Å². The lowest BCUT2D eigenvalue weighted by atomic mass is 10.1. The molecule has 0 saturated heterocycles. The summed E-state index contributed by atoms with van der Waals surface area (Å²) in [6.45, 7) is 2.01. The second-order valence-electron chi connectivity index (χ2n) is 3.82. The fraction of sp³-hybridized carbons (Fsp3) is 0.0769. The maximum absolute atomic E-state index is 11.2. The highest BCUT2D eigenvalue weighted by Crippen LogP contribution is 2.26. The Morgan fingerprint density at radius 3 is 2.76 bits per heavy atom. The van der Waals surface area contributed by atoms with Gasteiger partial charge in [-0.1, -0.05) is 30.3 Å². The molecular weight excluding hydrogens is 232 g/mol. The van der Waals surface area contributed by atoms with Gasteiger partial charge < -0.3 is 0 Å². The van der Waals surface area contributed by atoms with Crippen LogP contribution in [0.1, 0.15) is 15.4 Å².